The Morgan fingerprint density at radius 3 is 2.83 bits per heavy atom. The Bertz CT molecular complexity index is 870. The predicted molar refractivity (Wildman–Crippen MR) is 89.7 cm³/mol. The molecule has 0 saturated heterocycles. The number of rotatable bonds is 5. The molecular formula is C17H20N2O4S. The van der Waals surface area contributed by atoms with E-state index in [1.165, 1.54) is 35.0 Å². The number of sulfonamides is 1. The quantitative estimate of drug-likeness (QED) is 0.866. The zero-order valence-electron chi connectivity index (χ0n) is 13.4. The van der Waals surface area contributed by atoms with Crippen LogP contribution in [0.2, 0.25) is 0 Å². The summed E-state index contributed by atoms with van der Waals surface area (Å²) in [4.78, 5) is 11.0. The monoisotopic (exact) mass is 348 g/mol. The van der Waals surface area contributed by atoms with Crippen molar-refractivity contribution >= 4 is 16.0 Å². The van der Waals surface area contributed by atoms with Crippen LogP contribution in [0.3, 0.4) is 0 Å². The molecule has 0 spiro atoms. The molecule has 0 radical (unpaired) electrons. The molecule has 1 atom stereocenters. The van der Waals surface area contributed by atoms with E-state index >= 15 is 0 Å². The zero-order chi connectivity index (χ0) is 17.3. The Hall–Kier alpha value is -2.12. The molecule has 2 aromatic rings. The Balaban J connectivity index is 1.77. The lowest BCUT2D eigenvalue weighted by Crippen LogP contribution is -2.29. The number of benzene rings is 1. The van der Waals surface area contributed by atoms with Gasteiger partial charge in [-0.25, -0.2) is 17.9 Å². The van der Waals surface area contributed by atoms with Crippen LogP contribution in [-0.4, -0.2) is 30.6 Å². The number of fused-ring (bicyclic) bond motifs is 1. The van der Waals surface area contributed by atoms with Crippen LogP contribution in [0, 0.1) is 0 Å². The number of hydrogen-bond acceptors (Lipinski definition) is 3. The summed E-state index contributed by atoms with van der Waals surface area (Å²) in [6, 6.07) is 9.30. The molecule has 2 N–H and O–H groups in total. The average Bonchev–Trinajstić information content (AvgIpc) is 2.96. The van der Waals surface area contributed by atoms with Gasteiger partial charge >= 0.3 is 5.97 Å². The van der Waals surface area contributed by atoms with Crippen LogP contribution in [0.15, 0.2) is 41.4 Å². The minimum absolute atomic E-state index is 0.0218. The summed E-state index contributed by atoms with van der Waals surface area (Å²) in [5, 5.41) is 9.05. The summed E-state index contributed by atoms with van der Waals surface area (Å²) in [5.74, 6) is -1.01. The van der Waals surface area contributed by atoms with Crippen LogP contribution in [0.25, 0.3) is 0 Å². The van der Waals surface area contributed by atoms with Gasteiger partial charge in [0.15, 0.2) is 0 Å². The molecular weight excluding hydrogens is 328 g/mol. The number of hydrogen-bond donors (Lipinski definition) is 2. The summed E-state index contributed by atoms with van der Waals surface area (Å²) < 4.78 is 28.8. The van der Waals surface area contributed by atoms with Crippen molar-refractivity contribution in [3.8, 4) is 0 Å². The SMILES string of the molecule is Cn1cc(S(=O)(=O)NCC2CCCc3ccccc32)cc1C(=O)O. The molecule has 1 aliphatic carbocycles. The van der Waals surface area contributed by atoms with Crippen molar-refractivity contribution in [3.05, 3.63) is 53.3 Å². The molecule has 1 aromatic carbocycles. The predicted octanol–water partition coefficient (Wildman–Crippen LogP) is 2.12. The van der Waals surface area contributed by atoms with Gasteiger partial charge in [0.05, 0.1) is 0 Å². The number of aromatic carboxylic acids is 1. The number of carbonyl (C=O) groups is 1. The van der Waals surface area contributed by atoms with Gasteiger partial charge in [-0.2, -0.15) is 0 Å². The Kier molecular flexibility index (Phi) is 4.47. The molecule has 0 fully saturated rings. The van der Waals surface area contributed by atoms with Crippen molar-refractivity contribution in [2.45, 2.75) is 30.1 Å². The first-order chi connectivity index (χ1) is 11.4. The van der Waals surface area contributed by atoms with Gasteiger partial charge in [-0.3, -0.25) is 0 Å². The highest BCUT2D eigenvalue weighted by atomic mass is 32.2. The van der Waals surface area contributed by atoms with E-state index in [-0.39, 0.29) is 16.5 Å². The number of carboxylic acids is 1. The molecule has 1 aromatic heterocycles. The summed E-state index contributed by atoms with van der Waals surface area (Å²) in [7, 11) is -2.22. The van der Waals surface area contributed by atoms with E-state index in [9.17, 15) is 13.2 Å². The van der Waals surface area contributed by atoms with E-state index in [1.54, 1.807) is 0 Å². The second kappa shape index (κ2) is 6.41. The van der Waals surface area contributed by atoms with Crippen LogP contribution >= 0.6 is 0 Å². The lowest BCUT2D eigenvalue weighted by Gasteiger charge is -2.25. The van der Waals surface area contributed by atoms with Crippen LogP contribution in [0.5, 0.6) is 0 Å². The Morgan fingerprint density at radius 2 is 2.12 bits per heavy atom. The summed E-state index contributed by atoms with van der Waals surface area (Å²) >= 11 is 0. The summed E-state index contributed by atoms with van der Waals surface area (Å²) in [5.41, 5.74) is 2.42. The van der Waals surface area contributed by atoms with Gasteiger partial charge < -0.3 is 9.67 Å². The normalized spacial score (nSPS) is 17.5. The molecule has 1 unspecified atom stereocenters. The maximum atomic E-state index is 12.5. The third kappa shape index (κ3) is 3.22. The van der Waals surface area contributed by atoms with Crippen molar-refractivity contribution in [2.75, 3.05) is 6.54 Å². The molecule has 0 amide bonds. The highest BCUT2D eigenvalue weighted by Crippen LogP contribution is 2.31. The van der Waals surface area contributed by atoms with Gasteiger partial charge in [0.1, 0.15) is 10.6 Å². The van der Waals surface area contributed by atoms with Crippen LogP contribution in [-0.2, 0) is 23.5 Å². The topological polar surface area (TPSA) is 88.4 Å². The molecule has 3 rings (SSSR count). The van der Waals surface area contributed by atoms with Gasteiger partial charge in [0.2, 0.25) is 10.0 Å². The summed E-state index contributed by atoms with van der Waals surface area (Å²) in [6.07, 6.45) is 4.33. The van der Waals surface area contributed by atoms with E-state index < -0.39 is 16.0 Å². The van der Waals surface area contributed by atoms with E-state index in [0.717, 1.165) is 19.3 Å². The van der Waals surface area contributed by atoms with E-state index in [4.69, 9.17) is 5.11 Å². The highest BCUT2D eigenvalue weighted by Gasteiger charge is 2.24. The molecule has 0 saturated carbocycles. The second-order valence-electron chi connectivity index (χ2n) is 6.12. The molecule has 6 nitrogen and oxygen atoms in total. The Labute approximate surface area is 141 Å². The molecule has 0 bridgehead atoms. The lowest BCUT2D eigenvalue weighted by molar-refractivity contribution is 0.0686. The smallest absolute Gasteiger partial charge is 0.352 e. The average molecular weight is 348 g/mol. The van der Waals surface area contributed by atoms with E-state index in [0.29, 0.717) is 6.54 Å². The zero-order valence-corrected chi connectivity index (χ0v) is 14.2. The van der Waals surface area contributed by atoms with Crippen molar-refractivity contribution < 1.29 is 18.3 Å². The number of carboxylic acid groups (broad SMARTS) is 1. The number of nitrogens with zero attached hydrogens (tertiary/aromatic N) is 1. The van der Waals surface area contributed by atoms with Crippen LogP contribution in [0.4, 0.5) is 0 Å². The number of aromatic nitrogens is 1. The molecule has 0 aliphatic heterocycles. The van der Waals surface area contributed by atoms with Crippen molar-refractivity contribution in [2.24, 2.45) is 7.05 Å². The van der Waals surface area contributed by atoms with Crippen LogP contribution < -0.4 is 4.72 Å². The minimum atomic E-state index is -3.73. The minimum Gasteiger partial charge on any atom is -0.477 e. The first-order valence-electron chi connectivity index (χ1n) is 7.85. The fourth-order valence-corrected chi connectivity index (χ4v) is 4.40. The van der Waals surface area contributed by atoms with Crippen LogP contribution in [0.1, 0.15) is 40.4 Å². The standard InChI is InChI=1S/C17H20N2O4S/c1-19-11-14(9-16(19)17(20)21)24(22,23)18-10-13-7-4-6-12-5-2-3-8-15(12)13/h2-3,5,8-9,11,13,18H,4,6-7,10H2,1H3,(H,20,21). The molecule has 24 heavy (non-hydrogen) atoms. The van der Waals surface area contributed by atoms with Gasteiger partial charge in [-0.1, -0.05) is 24.3 Å². The third-order valence-electron chi connectivity index (χ3n) is 4.52. The first kappa shape index (κ1) is 16.7. The van der Waals surface area contributed by atoms with Gasteiger partial charge in [-0.15, -0.1) is 0 Å². The van der Waals surface area contributed by atoms with Crippen molar-refractivity contribution in [1.82, 2.24) is 9.29 Å². The number of aryl methyl sites for hydroxylation is 2. The largest absolute Gasteiger partial charge is 0.477 e. The fraction of sp³-hybridized carbons (Fsp3) is 0.353. The molecule has 1 aliphatic rings. The first-order valence-corrected chi connectivity index (χ1v) is 9.34. The van der Waals surface area contributed by atoms with Gasteiger partial charge in [0, 0.05) is 19.8 Å². The molecule has 7 heteroatoms. The van der Waals surface area contributed by atoms with Crippen molar-refractivity contribution in [1.29, 1.82) is 0 Å². The highest BCUT2D eigenvalue weighted by molar-refractivity contribution is 7.89. The molecule has 1 heterocycles. The Morgan fingerprint density at radius 1 is 1.38 bits per heavy atom. The second-order valence-corrected chi connectivity index (χ2v) is 7.88. The fourth-order valence-electron chi connectivity index (χ4n) is 3.25. The van der Waals surface area contributed by atoms with E-state index in [1.807, 2.05) is 12.1 Å². The maximum Gasteiger partial charge on any atom is 0.352 e. The van der Waals surface area contributed by atoms with Crippen molar-refractivity contribution in [3.63, 3.8) is 0 Å². The molecule has 128 valence electrons. The van der Waals surface area contributed by atoms with E-state index in [2.05, 4.69) is 16.9 Å². The van der Waals surface area contributed by atoms with Gasteiger partial charge in [-0.05, 0) is 42.4 Å². The van der Waals surface area contributed by atoms with Gasteiger partial charge in [0.25, 0.3) is 0 Å². The third-order valence-corrected chi connectivity index (χ3v) is 5.91. The maximum absolute atomic E-state index is 12.5. The number of nitrogens with one attached hydrogen (secondary N) is 1. The lowest BCUT2D eigenvalue weighted by atomic mass is 9.83. The summed E-state index contributed by atoms with van der Waals surface area (Å²) in [6.45, 7) is 0.316.